The number of hydrogen-bond donors (Lipinski definition) is 2. The van der Waals surface area contributed by atoms with Crippen LogP contribution in [0, 0.1) is 0 Å². The molecule has 0 atom stereocenters. The van der Waals surface area contributed by atoms with Crippen LogP contribution in [-0.4, -0.2) is 25.5 Å². The van der Waals surface area contributed by atoms with Crippen molar-refractivity contribution in [2.45, 2.75) is 19.5 Å². The Hall–Kier alpha value is -3.49. The first-order chi connectivity index (χ1) is 14.2. The second-order valence-electron chi connectivity index (χ2n) is 6.11. The van der Waals surface area contributed by atoms with Gasteiger partial charge in [0.15, 0.2) is 11.5 Å². The molecule has 0 fully saturated rings. The summed E-state index contributed by atoms with van der Waals surface area (Å²) < 4.78 is 48.8. The van der Waals surface area contributed by atoms with E-state index in [1.54, 1.807) is 6.07 Å². The highest BCUT2D eigenvalue weighted by molar-refractivity contribution is 5.98. The highest BCUT2D eigenvalue weighted by Crippen LogP contribution is 2.30. The maximum absolute atomic E-state index is 12.7. The van der Waals surface area contributed by atoms with Gasteiger partial charge in [0.25, 0.3) is 11.8 Å². The average Bonchev–Trinajstić information content (AvgIpc) is 2.74. The number of methoxy groups -OCH3 is 1. The van der Waals surface area contributed by atoms with E-state index in [4.69, 9.17) is 9.47 Å². The van der Waals surface area contributed by atoms with Gasteiger partial charge in [-0.15, -0.1) is 0 Å². The summed E-state index contributed by atoms with van der Waals surface area (Å²) in [5, 5.41) is 0. The van der Waals surface area contributed by atoms with Crippen LogP contribution >= 0.6 is 0 Å². The fraction of sp³-hybridized carbons (Fsp3) is 0.238. The summed E-state index contributed by atoms with van der Waals surface area (Å²) in [5.41, 5.74) is 3.97. The van der Waals surface area contributed by atoms with Gasteiger partial charge >= 0.3 is 6.18 Å². The van der Waals surface area contributed by atoms with Crippen LogP contribution in [0.2, 0.25) is 0 Å². The Labute approximate surface area is 171 Å². The molecule has 0 radical (unpaired) electrons. The summed E-state index contributed by atoms with van der Waals surface area (Å²) in [4.78, 5) is 24.1. The minimum absolute atomic E-state index is 0.193. The Bertz CT molecular complexity index is 927. The minimum atomic E-state index is -4.47. The largest absolute Gasteiger partial charge is 0.493 e. The predicted octanol–water partition coefficient (Wildman–Crippen LogP) is 3.98. The van der Waals surface area contributed by atoms with E-state index < -0.39 is 23.6 Å². The standard InChI is InChI=1S/C21H21F3N2O4/c1-3-11-30-17-9-8-15(13-18(17)29-2)20(28)26-25-19(27)10-7-14-5-4-6-16(12-14)21(22,23)24/h4-10,12-13H,3,11H2,1-2H3,(H,25,27)(H,26,28)/b10-7+. The number of alkyl halides is 3. The number of amides is 2. The first kappa shape index (κ1) is 22.8. The van der Waals surface area contributed by atoms with E-state index in [1.165, 1.54) is 37.5 Å². The zero-order valence-electron chi connectivity index (χ0n) is 16.4. The molecule has 0 unspecified atom stereocenters. The van der Waals surface area contributed by atoms with Crippen molar-refractivity contribution in [3.8, 4) is 11.5 Å². The second kappa shape index (κ2) is 10.3. The van der Waals surface area contributed by atoms with Gasteiger partial charge in [-0.1, -0.05) is 19.1 Å². The smallest absolute Gasteiger partial charge is 0.416 e. The number of ether oxygens (including phenoxy) is 2. The number of halogens is 3. The van der Waals surface area contributed by atoms with Crippen LogP contribution in [0.4, 0.5) is 13.2 Å². The molecule has 2 aromatic carbocycles. The molecule has 0 aliphatic rings. The Morgan fingerprint density at radius 3 is 2.50 bits per heavy atom. The normalized spacial score (nSPS) is 11.2. The molecule has 0 aromatic heterocycles. The van der Waals surface area contributed by atoms with Crippen molar-refractivity contribution < 1.29 is 32.2 Å². The molecule has 2 N–H and O–H groups in total. The Balaban J connectivity index is 1.96. The van der Waals surface area contributed by atoms with Crippen molar-refractivity contribution in [2.75, 3.05) is 13.7 Å². The average molecular weight is 422 g/mol. The van der Waals surface area contributed by atoms with Crippen molar-refractivity contribution >= 4 is 17.9 Å². The van der Waals surface area contributed by atoms with Crippen LogP contribution in [0.1, 0.15) is 34.8 Å². The van der Waals surface area contributed by atoms with Crippen LogP contribution in [-0.2, 0) is 11.0 Å². The van der Waals surface area contributed by atoms with Crippen LogP contribution in [0.3, 0.4) is 0 Å². The third-order valence-electron chi connectivity index (χ3n) is 3.83. The molecule has 30 heavy (non-hydrogen) atoms. The number of hydrogen-bond acceptors (Lipinski definition) is 4. The van der Waals surface area contributed by atoms with Gasteiger partial charge < -0.3 is 9.47 Å². The van der Waals surface area contributed by atoms with E-state index >= 15 is 0 Å². The van der Waals surface area contributed by atoms with Crippen LogP contribution < -0.4 is 20.3 Å². The Morgan fingerprint density at radius 2 is 1.83 bits per heavy atom. The zero-order valence-corrected chi connectivity index (χ0v) is 16.4. The number of hydrazine groups is 1. The molecule has 0 aliphatic carbocycles. The van der Waals surface area contributed by atoms with Crippen molar-refractivity contribution in [1.29, 1.82) is 0 Å². The predicted molar refractivity (Wildman–Crippen MR) is 105 cm³/mol. The van der Waals surface area contributed by atoms with Gasteiger partial charge in [0.05, 0.1) is 19.3 Å². The highest BCUT2D eigenvalue weighted by atomic mass is 19.4. The van der Waals surface area contributed by atoms with Crippen molar-refractivity contribution in [2.24, 2.45) is 0 Å². The number of nitrogens with one attached hydrogen (secondary N) is 2. The highest BCUT2D eigenvalue weighted by Gasteiger charge is 2.30. The summed E-state index contributed by atoms with van der Waals surface area (Å²) >= 11 is 0. The molecule has 160 valence electrons. The third kappa shape index (κ3) is 6.54. The lowest BCUT2D eigenvalue weighted by atomic mass is 10.1. The summed E-state index contributed by atoms with van der Waals surface area (Å²) in [5.74, 6) is -0.456. The van der Waals surface area contributed by atoms with Gasteiger partial charge in [0.2, 0.25) is 0 Å². The van der Waals surface area contributed by atoms with E-state index in [1.807, 2.05) is 6.92 Å². The molecule has 0 heterocycles. The number of carbonyl (C=O) groups excluding carboxylic acids is 2. The fourth-order valence-corrected chi connectivity index (χ4v) is 2.36. The van der Waals surface area contributed by atoms with E-state index in [-0.39, 0.29) is 11.1 Å². The zero-order chi connectivity index (χ0) is 22.1. The molecular formula is C21H21F3N2O4. The molecule has 2 amide bonds. The topological polar surface area (TPSA) is 76.7 Å². The molecule has 0 aliphatic heterocycles. The van der Waals surface area contributed by atoms with E-state index in [2.05, 4.69) is 10.9 Å². The van der Waals surface area contributed by atoms with E-state index in [0.29, 0.717) is 18.1 Å². The SMILES string of the molecule is CCCOc1ccc(C(=O)NNC(=O)/C=C/c2cccc(C(F)(F)F)c2)cc1OC. The number of carbonyl (C=O) groups is 2. The van der Waals surface area contributed by atoms with Crippen LogP contribution in [0.25, 0.3) is 6.08 Å². The fourth-order valence-electron chi connectivity index (χ4n) is 2.36. The summed E-state index contributed by atoms with van der Waals surface area (Å²) in [6, 6.07) is 9.06. The third-order valence-corrected chi connectivity index (χ3v) is 3.83. The molecule has 2 aromatic rings. The molecule has 0 saturated heterocycles. The lowest BCUT2D eigenvalue weighted by Gasteiger charge is -2.12. The Morgan fingerprint density at radius 1 is 1.07 bits per heavy atom. The maximum atomic E-state index is 12.7. The number of rotatable bonds is 7. The maximum Gasteiger partial charge on any atom is 0.416 e. The van der Waals surface area contributed by atoms with Gasteiger partial charge in [-0.3, -0.25) is 20.4 Å². The van der Waals surface area contributed by atoms with Crippen molar-refractivity contribution in [3.63, 3.8) is 0 Å². The van der Waals surface area contributed by atoms with Crippen LogP contribution in [0.15, 0.2) is 48.5 Å². The monoisotopic (exact) mass is 422 g/mol. The molecule has 0 saturated carbocycles. The van der Waals surface area contributed by atoms with Gasteiger partial charge in [0.1, 0.15) is 0 Å². The van der Waals surface area contributed by atoms with Crippen molar-refractivity contribution in [1.82, 2.24) is 10.9 Å². The summed E-state index contributed by atoms with van der Waals surface area (Å²) in [7, 11) is 1.44. The lowest BCUT2D eigenvalue weighted by molar-refractivity contribution is -0.137. The van der Waals surface area contributed by atoms with Gasteiger partial charge in [-0.05, 0) is 48.4 Å². The van der Waals surface area contributed by atoms with Gasteiger partial charge in [0, 0.05) is 11.6 Å². The Kier molecular flexibility index (Phi) is 7.85. The molecular weight excluding hydrogens is 401 g/mol. The van der Waals surface area contributed by atoms with Gasteiger partial charge in [-0.25, -0.2) is 0 Å². The molecule has 0 spiro atoms. The van der Waals surface area contributed by atoms with Crippen LogP contribution in [0.5, 0.6) is 11.5 Å². The minimum Gasteiger partial charge on any atom is -0.493 e. The first-order valence-electron chi connectivity index (χ1n) is 9.01. The quantitative estimate of drug-likeness (QED) is 0.523. The molecule has 2 rings (SSSR count). The van der Waals surface area contributed by atoms with E-state index in [9.17, 15) is 22.8 Å². The lowest BCUT2D eigenvalue weighted by Crippen LogP contribution is -2.40. The molecule has 0 bridgehead atoms. The summed E-state index contributed by atoms with van der Waals surface area (Å²) in [6.07, 6.45) is -1.44. The summed E-state index contributed by atoms with van der Waals surface area (Å²) in [6.45, 7) is 2.45. The van der Waals surface area contributed by atoms with Crippen molar-refractivity contribution in [3.05, 3.63) is 65.2 Å². The number of benzene rings is 2. The second-order valence-corrected chi connectivity index (χ2v) is 6.11. The molecule has 9 heteroatoms. The van der Waals surface area contributed by atoms with Gasteiger partial charge in [-0.2, -0.15) is 13.2 Å². The first-order valence-corrected chi connectivity index (χ1v) is 9.01. The van der Waals surface area contributed by atoms with E-state index in [0.717, 1.165) is 24.6 Å². The molecule has 6 nitrogen and oxygen atoms in total.